The molecule has 0 aliphatic carbocycles. The summed E-state index contributed by atoms with van der Waals surface area (Å²) >= 11 is 0. The van der Waals surface area contributed by atoms with Gasteiger partial charge in [-0.3, -0.25) is 0 Å². The van der Waals surface area contributed by atoms with Crippen LogP contribution in [-0.4, -0.2) is 31.2 Å². The second-order valence-corrected chi connectivity index (χ2v) is 4.43. The molecule has 0 aliphatic rings. The van der Waals surface area contributed by atoms with Crippen LogP contribution in [0.2, 0.25) is 0 Å². The quantitative estimate of drug-likeness (QED) is 0.678. The fraction of sp³-hybridized carbons (Fsp3) is 1.00. The Morgan fingerprint density at radius 1 is 1.21 bits per heavy atom. The summed E-state index contributed by atoms with van der Waals surface area (Å²) in [5.74, 6) is -2.78. The molecule has 0 saturated heterocycles. The maximum Gasteiger partial charge on any atom is 0.283 e. The van der Waals surface area contributed by atoms with E-state index in [0.29, 0.717) is 6.54 Å². The highest BCUT2D eigenvalue weighted by Crippen LogP contribution is 2.17. The van der Waals surface area contributed by atoms with Crippen molar-refractivity contribution >= 4 is 0 Å². The minimum absolute atomic E-state index is 0.309. The summed E-state index contributed by atoms with van der Waals surface area (Å²) in [5.41, 5.74) is -0.506. The van der Waals surface area contributed by atoms with Crippen LogP contribution >= 0.6 is 0 Å². The number of hydrogen-bond acceptors (Lipinski definition) is 2. The van der Waals surface area contributed by atoms with E-state index in [9.17, 15) is 8.78 Å². The summed E-state index contributed by atoms with van der Waals surface area (Å²) in [4.78, 5) is 0. The minimum Gasteiger partial charge on any atom is -0.370 e. The molecule has 0 spiro atoms. The molecule has 0 bridgehead atoms. The average molecular weight is 209 g/mol. The molecule has 0 aromatic rings. The zero-order valence-corrected chi connectivity index (χ0v) is 9.49. The van der Waals surface area contributed by atoms with E-state index in [4.69, 9.17) is 4.74 Å². The topological polar surface area (TPSA) is 21.3 Å². The predicted molar refractivity (Wildman–Crippen MR) is 53.8 cm³/mol. The molecule has 1 N–H and O–H groups in total. The van der Waals surface area contributed by atoms with Gasteiger partial charge in [-0.2, -0.15) is 0 Å². The second-order valence-electron chi connectivity index (χ2n) is 4.43. The normalized spacial score (nSPS) is 13.3. The molecule has 0 aliphatic heterocycles. The maximum atomic E-state index is 13.1. The highest BCUT2D eigenvalue weighted by molar-refractivity contribution is 4.71. The van der Waals surface area contributed by atoms with Gasteiger partial charge in [0.1, 0.15) is 6.61 Å². The molecule has 0 amide bonds. The third-order valence-corrected chi connectivity index (χ3v) is 1.53. The summed E-state index contributed by atoms with van der Waals surface area (Å²) in [6.45, 7) is 7.03. The smallest absolute Gasteiger partial charge is 0.283 e. The molecule has 4 heteroatoms. The van der Waals surface area contributed by atoms with Gasteiger partial charge in [0, 0.05) is 0 Å². The van der Waals surface area contributed by atoms with Gasteiger partial charge in [-0.15, -0.1) is 0 Å². The first-order valence-electron chi connectivity index (χ1n) is 4.99. The number of nitrogens with one attached hydrogen (secondary N) is 1. The van der Waals surface area contributed by atoms with Crippen LogP contribution in [0.25, 0.3) is 0 Å². The first kappa shape index (κ1) is 13.8. The van der Waals surface area contributed by atoms with Gasteiger partial charge in [0.25, 0.3) is 5.92 Å². The Hall–Kier alpha value is -0.220. The standard InChI is InChI=1S/C10H21F2NO/c1-5-6-13-7-10(11,12)8-14-9(2,3)4/h13H,5-8H2,1-4H3. The summed E-state index contributed by atoms with van der Waals surface area (Å²) in [6.07, 6.45) is 0.857. The highest BCUT2D eigenvalue weighted by atomic mass is 19.3. The van der Waals surface area contributed by atoms with Crippen LogP contribution in [-0.2, 0) is 4.74 Å². The summed E-state index contributed by atoms with van der Waals surface area (Å²) in [5, 5.41) is 2.68. The third-order valence-electron chi connectivity index (χ3n) is 1.53. The number of rotatable bonds is 6. The van der Waals surface area contributed by atoms with E-state index in [1.807, 2.05) is 6.92 Å². The first-order valence-corrected chi connectivity index (χ1v) is 4.99. The van der Waals surface area contributed by atoms with E-state index < -0.39 is 18.1 Å². The molecule has 0 aromatic carbocycles. The van der Waals surface area contributed by atoms with Gasteiger partial charge < -0.3 is 10.1 Å². The van der Waals surface area contributed by atoms with Crippen LogP contribution in [0.15, 0.2) is 0 Å². The lowest BCUT2D eigenvalue weighted by Crippen LogP contribution is -2.39. The van der Waals surface area contributed by atoms with Crippen LogP contribution in [0.1, 0.15) is 34.1 Å². The van der Waals surface area contributed by atoms with Crippen molar-refractivity contribution in [2.75, 3.05) is 19.7 Å². The Bertz CT molecular complexity index is 155. The second kappa shape index (κ2) is 5.61. The first-order chi connectivity index (χ1) is 6.27. The Kier molecular flexibility index (Phi) is 5.52. The van der Waals surface area contributed by atoms with Gasteiger partial charge >= 0.3 is 0 Å². The Morgan fingerprint density at radius 2 is 1.79 bits per heavy atom. The molecule has 0 heterocycles. The molecule has 0 fully saturated rings. The van der Waals surface area contributed by atoms with Gasteiger partial charge in [0.05, 0.1) is 12.1 Å². The average Bonchev–Trinajstić information content (AvgIpc) is 2.00. The van der Waals surface area contributed by atoms with Crippen molar-refractivity contribution in [2.24, 2.45) is 0 Å². The number of alkyl halides is 2. The van der Waals surface area contributed by atoms with Gasteiger partial charge in [0.2, 0.25) is 0 Å². The van der Waals surface area contributed by atoms with E-state index in [2.05, 4.69) is 5.32 Å². The molecule has 0 unspecified atom stereocenters. The van der Waals surface area contributed by atoms with Crippen molar-refractivity contribution in [2.45, 2.75) is 45.6 Å². The van der Waals surface area contributed by atoms with Crippen LogP contribution < -0.4 is 5.32 Å². The fourth-order valence-corrected chi connectivity index (χ4v) is 0.821. The van der Waals surface area contributed by atoms with E-state index in [1.165, 1.54) is 0 Å². The minimum atomic E-state index is -2.78. The molecule has 0 rings (SSSR count). The van der Waals surface area contributed by atoms with E-state index >= 15 is 0 Å². The van der Waals surface area contributed by atoms with E-state index in [0.717, 1.165) is 6.42 Å². The van der Waals surface area contributed by atoms with Gasteiger partial charge in [-0.25, -0.2) is 8.78 Å². The molecular weight excluding hydrogens is 188 g/mol. The predicted octanol–water partition coefficient (Wildman–Crippen LogP) is 2.44. The Balaban J connectivity index is 3.72. The van der Waals surface area contributed by atoms with Crippen molar-refractivity contribution in [3.8, 4) is 0 Å². The summed E-state index contributed by atoms with van der Waals surface area (Å²) in [7, 11) is 0. The lowest BCUT2D eigenvalue weighted by Gasteiger charge is -2.24. The summed E-state index contributed by atoms with van der Waals surface area (Å²) < 4.78 is 31.2. The molecular formula is C10H21F2NO. The fourth-order valence-electron chi connectivity index (χ4n) is 0.821. The molecule has 0 atom stereocenters. The van der Waals surface area contributed by atoms with Crippen molar-refractivity contribution in [1.29, 1.82) is 0 Å². The van der Waals surface area contributed by atoms with Crippen molar-refractivity contribution in [3.63, 3.8) is 0 Å². The zero-order chi connectivity index (χ0) is 11.2. The molecule has 0 saturated carbocycles. The molecule has 0 aromatic heterocycles. The lowest BCUT2D eigenvalue weighted by molar-refractivity contribution is -0.119. The number of hydrogen-bond donors (Lipinski definition) is 1. The molecule has 14 heavy (non-hydrogen) atoms. The van der Waals surface area contributed by atoms with Crippen molar-refractivity contribution < 1.29 is 13.5 Å². The van der Waals surface area contributed by atoms with Gasteiger partial charge in [-0.1, -0.05) is 6.92 Å². The monoisotopic (exact) mass is 209 g/mol. The number of halogens is 2. The zero-order valence-electron chi connectivity index (χ0n) is 9.49. The van der Waals surface area contributed by atoms with Crippen LogP contribution in [0.4, 0.5) is 8.78 Å². The van der Waals surface area contributed by atoms with Crippen LogP contribution in [0.3, 0.4) is 0 Å². The number of ether oxygens (including phenoxy) is 1. The van der Waals surface area contributed by atoms with Crippen molar-refractivity contribution in [3.05, 3.63) is 0 Å². The summed E-state index contributed by atoms with van der Waals surface area (Å²) in [6, 6.07) is 0. The maximum absolute atomic E-state index is 13.1. The van der Waals surface area contributed by atoms with Gasteiger partial charge in [0.15, 0.2) is 0 Å². The SMILES string of the molecule is CCCNCC(F)(F)COC(C)(C)C. The van der Waals surface area contributed by atoms with E-state index in [1.54, 1.807) is 20.8 Å². The molecule has 0 radical (unpaired) electrons. The lowest BCUT2D eigenvalue weighted by atomic mass is 10.2. The van der Waals surface area contributed by atoms with Crippen LogP contribution in [0, 0.1) is 0 Å². The Labute approximate surface area is 85.0 Å². The van der Waals surface area contributed by atoms with E-state index in [-0.39, 0.29) is 6.54 Å². The Morgan fingerprint density at radius 3 is 2.21 bits per heavy atom. The largest absolute Gasteiger partial charge is 0.370 e. The third kappa shape index (κ3) is 8.38. The molecule has 2 nitrogen and oxygen atoms in total. The molecule has 86 valence electrons. The van der Waals surface area contributed by atoms with Crippen molar-refractivity contribution in [1.82, 2.24) is 5.32 Å². The highest BCUT2D eigenvalue weighted by Gasteiger charge is 2.30. The van der Waals surface area contributed by atoms with Crippen LogP contribution in [0.5, 0.6) is 0 Å². The van der Waals surface area contributed by atoms with Gasteiger partial charge in [-0.05, 0) is 33.7 Å².